The van der Waals surface area contributed by atoms with E-state index in [1.165, 1.54) is 18.7 Å². The molecule has 0 aromatic rings. The van der Waals surface area contributed by atoms with Gasteiger partial charge in [-0.25, -0.2) is 4.79 Å². The van der Waals surface area contributed by atoms with Crippen LogP contribution < -0.4 is 5.32 Å². The first-order valence-corrected chi connectivity index (χ1v) is 5.19. The summed E-state index contributed by atoms with van der Waals surface area (Å²) < 4.78 is 4.85. The number of thioether (sulfide) groups is 1. The minimum Gasteiger partial charge on any atom is -0.464 e. The molecule has 1 aliphatic heterocycles. The number of carbonyl (C=O) groups excluding carboxylic acids is 2. The lowest BCUT2D eigenvalue weighted by molar-refractivity contribution is -0.149. The third-order valence-electron chi connectivity index (χ3n) is 1.85. The number of hydrogen-bond acceptors (Lipinski definition) is 5. The zero-order chi connectivity index (χ0) is 9.90. The largest absolute Gasteiger partial charge is 0.464 e. The van der Waals surface area contributed by atoms with Gasteiger partial charge in [-0.15, -0.1) is 11.8 Å². The van der Waals surface area contributed by atoms with Crippen molar-refractivity contribution in [1.82, 2.24) is 5.32 Å². The van der Waals surface area contributed by atoms with E-state index in [4.69, 9.17) is 4.74 Å². The number of Topliss-reactive ketones (excluding diaryl/α,β-unsaturated/α-hetero) is 1. The molecule has 0 radical (unpaired) electrons. The van der Waals surface area contributed by atoms with Gasteiger partial charge >= 0.3 is 5.97 Å². The third kappa shape index (κ3) is 1.86. The Morgan fingerprint density at radius 2 is 2.31 bits per heavy atom. The molecule has 1 fully saturated rings. The molecule has 0 aromatic carbocycles. The standard InChI is InChI=1S/C8H13NO3S/c1-3-12-7(11)8(6(2)10)9-4-5-13-8/h9H,3-5H2,1-2H3. The Balaban J connectivity index is 2.78. The molecule has 1 N–H and O–H groups in total. The third-order valence-corrected chi connectivity index (χ3v) is 3.29. The Morgan fingerprint density at radius 1 is 1.62 bits per heavy atom. The molecule has 1 atom stereocenters. The van der Waals surface area contributed by atoms with Crippen LogP contribution in [0.2, 0.25) is 0 Å². The maximum atomic E-state index is 11.5. The molecule has 74 valence electrons. The Kier molecular flexibility index (Phi) is 3.33. The lowest BCUT2D eigenvalue weighted by Gasteiger charge is -2.22. The average molecular weight is 203 g/mol. The summed E-state index contributed by atoms with van der Waals surface area (Å²) in [4.78, 5) is 21.7. The van der Waals surface area contributed by atoms with E-state index in [1.54, 1.807) is 6.92 Å². The number of ether oxygens (including phenoxy) is 1. The van der Waals surface area contributed by atoms with E-state index >= 15 is 0 Å². The quantitative estimate of drug-likeness (QED) is 0.523. The molecule has 1 unspecified atom stereocenters. The number of hydrogen-bond donors (Lipinski definition) is 1. The van der Waals surface area contributed by atoms with Crippen LogP contribution >= 0.6 is 11.8 Å². The van der Waals surface area contributed by atoms with Crippen LogP contribution in [0.25, 0.3) is 0 Å². The van der Waals surface area contributed by atoms with Crippen molar-refractivity contribution >= 4 is 23.5 Å². The molecule has 5 heteroatoms. The van der Waals surface area contributed by atoms with Crippen molar-refractivity contribution in [3.63, 3.8) is 0 Å². The minimum absolute atomic E-state index is 0.187. The maximum absolute atomic E-state index is 11.5. The fourth-order valence-electron chi connectivity index (χ4n) is 1.22. The number of ketones is 1. The predicted molar refractivity (Wildman–Crippen MR) is 50.5 cm³/mol. The van der Waals surface area contributed by atoms with Gasteiger partial charge in [0.25, 0.3) is 0 Å². The molecule has 1 aliphatic rings. The second kappa shape index (κ2) is 4.11. The highest BCUT2D eigenvalue weighted by Crippen LogP contribution is 2.29. The summed E-state index contributed by atoms with van der Waals surface area (Å²) in [5.74, 6) is 0.108. The Morgan fingerprint density at radius 3 is 2.69 bits per heavy atom. The van der Waals surface area contributed by atoms with E-state index < -0.39 is 10.8 Å². The summed E-state index contributed by atoms with van der Waals surface area (Å²) in [5, 5.41) is 2.89. The van der Waals surface area contributed by atoms with Crippen LogP contribution in [-0.2, 0) is 14.3 Å². The smallest absolute Gasteiger partial charge is 0.344 e. The maximum Gasteiger partial charge on any atom is 0.344 e. The van der Waals surface area contributed by atoms with E-state index in [0.717, 1.165) is 5.75 Å². The van der Waals surface area contributed by atoms with E-state index in [0.29, 0.717) is 13.2 Å². The molecule has 1 rings (SSSR count). The lowest BCUT2D eigenvalue weighted by Crippen LogP contribution is -2.52. The van der Waals surface area contributed by atoms with Crippen molar-refractivity contribution < 1.29 is 14.3 Å². The van der Waals surface area contributed by atoms with Crippen LogP contribution in [0, 0.1) is 0 Å². The predicted octanol–water partition coefficient (Wildman–Crippen LogP) is 0.171. The van der Waals surface area contributed by atoms with Gasteiger partial charge in [0.1, 0.15) is 0 Å². The summed E-state index contributed by atoms with van der Waals surface area (Å²) in [6.07, 6.45) is 0. The Hall–Kier alpha value is -0.550. The van der Waals surface area contributed by atoms with Crippen LogP contribution in [0.5, 0.6) is 0 Å². The molecule has 1 heterocycles. The van der Waals surface area contributed by atoms with Crippen LogP contribution in [0.1, 0.15) is 13.8 Å². The summed E-state index contributed by atoms with van der Waals surface area (Å²) in [7, 11) is 0. The zero-order valence-corrected chi connectivity index (χ0v) is 8.57. The van der Waals surface area contributed by atoms with E-state index in [1.807, 2.05) is 0 Å². The van der Waals surface area contributed by atoms with Crippen LogP contribution in [0.15, 0.2) is 0 Å². The molecule has 0 bridgehead atoms. The van der Waals surface area contributed by atoms with Crippen molar-refractivity contribution in [2.75, 3.05) is 18.9 Å². The monoisotopic (exact) mass is 203 g/mol. The lowest BCUT2D eigenvalue weighted by atomic mass is 10.2. The van der Waals surface area contributed by atoms with Gasteiger partial charge in [0.2, 0.25) is 4.87 Å². The first-order chi connectivity index (χ1) is 6.13. The normalized spacial score (nSPS) is 27.2. The van der Waals surface area contributed by atoms with Gasteiger partial charge in [0, 0.05) is 12.3 Å². The van der Waals surface area contributed by atoms with Gasteiger partial charge in [0.05, 0.1) is 6.61 Å². The average Bonchev–Trinajstić information content (AvgIpc) is 2.53. The van der Waals surface area contributed by atoms with Crippen molar-refractivity contribution in [2.45, 2.75) is 18.7 Å². The Labute approximate surface area is 81.4 Å². The molecular weight excluding hydrogens is 190 g/mol. The number of esters is 1. The molecule has 0 spiro atoms. The summed E-state index contributed by atoms with van der Waals surface area (Å²) in [6, 6.07) is 0. The SMILES string of the molecule is CCOC(=O)C1(C(C)=O)NCCS1. The fraction of sp³-hybridized carbons (Fsp3) is 0.750. The van der Waals surface area contributed by atoms with Crippen molar-refractivity contribution in [3.05, 3.63) is 0 Å². The van der Waals surface area contributed by atoms with Gasteiger partial charge < -0.3 is 4.74 Å². The molecule has 0 aromatic heterocycles. The Bertz CT molecular complexity index is 223. The highest BCUT2D eigenvalue weighted by atomic mass is 32.2. The van der Waals surface area contributed by atoms with Crippen molar-refractivity contribution in [1.29, 1.82) is 0 Å². The molecule has 0 saturated carbocycles. The number of nitrogens with one attached hydrogen (secondary N) is 1. The van der Waals surface area contributed by atoms with E-state index in [9.17, 15) is 9.59 Å². The molecular formula is C8H13NO3S. The number of carbonyl (C=O) groups is 2. The van der Waals surface area contributed by atoms with Crippen molar-refractivity contribution in [2.24, 2.45) is 0 Å². The molecule has 4 nitrogen and oxygen atoms in total. The molecule has 13 heavy (non-hydrogen) atoms. The van der Waals surface area contributed by atoms with Gasteiger partial charge in [-0.05, 0) is 13.8 Å². The minimum atomic E-state index is -1.13. The van der Waals surface area contributed by atoms with Crippen LogP contribution in [0.3, 0.4) is 0 Å². The first-order valence-electron chi connectivity index (χ1n) is 4.20. The molecule has 0 amide bonds. The van der Waals surface area contributed by atoms with Crippen molar-refractivity contribution in [3.8, 4) is 0 Å². The molecule has 0 aliphatic carbocycles. The van der Waals surface area contributed by atoms with Gasteiger partial charge in [0.15, 0.2) is 5.78 Å². The zero-order valence-electron chi connectivity index (χ0n) is 7.75. The van der Waals surface area contributed by atoms with E-state index in [-0.39, 0.29) is 5.78 Å². The van der Waals surface area contributed by atoms with E-state index in [2.05, 4.69) is 5.32 Å². The highest BCUT2D eigenvalue weighted by Gasteiger charge is 2.47. The fourth-order valence-corrected chi connectivity index (χ4v) is 2.31. The van der Waals surface area contributed by atoms with Gasteiger partial charge in [-0.2, -0.15) is 0 Å². The van der Waals surface area contributed by atoms with Gasteiger partial charge in [-0.1, -0.05) is 0 Å². The molecule has 1 saturated heterocycles. The summed E-state index contributed by atoms with van der Waals surface area (Å²) >= 11 is 1.31. The topological polar surface area (TPSA) is 55.4 Å². The van der Waals surface area contributed by atoms with Crippen LogP contribution in [0.4, 0.5) is 0 Å². The second-order valence-corrected chi connectivity index (χ2v) is 4.04. The second-order valence-electron chi connectivity index (χ2n) is 2.73. The van der Waals surface area contributed by atoms with Gasteiger partial charge in [-0.3, -0.25) is 10.1 Å². The first kappa shape index (κ1) is 10.5. The highest BCUT2D eigenvalue weighted by molar-refractivity contribution is 8.02. The van der Waals surface area contributed by atoms with Crippen LogP contribution in [-0.4, -0.2) is 35.5 Å². The number of rotatable bonds is 3. The summed E-state index contributed by atoms with van der Waals surface area (Å²) in [5.41, 5.74) is 0. The summed E-state index contributed by atoms with van der Waals surface area (Å²) in [6.45, 7) is 4.10.